The highest BCUT2D eigenvalue weighted by Crippen LogP contribution is 2.52. The Kier molecular flexibility index (Phi) is 3.67. The maximum Gasteiger partial charge on any atom is 0.308 e. The molecule has 0 bridgehead atoms. The third kappa shape index (κ3) is 2.52. The largest absolute Gasteiger partial charge is 0.481 e. The van der Waals surface area contributed by atoms with Crippen LogP contribution in [-0.4, -0.2) is 30.5 Å². The van der Waals surface area contributed by atoms with E-state index in [1.807, 2.05) is 31.2 Å². The van der Waals surface area contributed by atoms with Crippen molar-refractivity contribution in [3.8, 4) is 0 Å². The lowest BCUT2D eigenvalue weighted by Crippen LogP contribution is -2.14. The number of sulfone groups is 1. The zero-order chi connectivity index (χ0) is 14.2. The number of carboxylic acids is 1. The molecule has 104 valence electrons. The van der Waals surface area contributed by atoms with Gasteiger partial charge in [0.25, 0.3) is 0 Å². The van der Waals surface area contributed by atoms with E-state index in [-0.39, 0.29) is 5.75 Å². The van der Waals surface area contributed by atoms with Gasteiger partial charge < -0.3 is 5.11 Å². The Morgan fingerprint density at radius 3 is 2.21 bits per heavy atom. The number of carboxylic acid groups (broad SMARTS) is 1. The molecule has 3 atom stereocenters. The summed E-state index contributed by atoms with van der Waals surface area (Å²) in [6.07, 6.45) is 0.907. The van der Waals surface area contributed by atoms with Crippen LogP contribution in [0.15, 0.2) is 24.3 Å². The molecule has 2 rings (SSSR count). The van der Waals surface area contributed by atoms with Crippen LogP contribution in [0, 0.1) is 5.92 Å². The first-order valence-corrected chi connectivity index (χ1v) is 8.17. The second-order valence-corrected chi connectivity index (χ2v) is 7.35. The first kappa shape index (κ1) is 14.1. The van der Waals surface area contributed by atoms with E-state index in [4.69, 9.17) is 5.11 Å². The predicted molar refractivity (Wildman–Crippen MR) is 72.9 cm³/mol. The predicted octanol–water partition coefficient (Wildman–Crippen LogP) is 1.85. The molecule has 4 nitrogen and oxygen atoms in total. The summed E-state index contributed by atoms with van der Waals surface area (Å²) in [5, 5.41) is 8.39. The molecular formula is C14H18O4S. The Bertz CT molecular complexity index is 574. The molecule has 1 aliphatic rings. The molecule has 0 saturated heterocycles. The van der Waals surface area contributed by atoms with Crippen molar-refractivity contribution in [1.82, 2.24) is 0 Å². The summed E-state index contributed by atoms with van der Waals surface area (Å²) in [6, 6.07) is 7.57. The summed E-state index contributed by atoms with van der Waals surface area (Å²) in [4.78, 5) is 11.2. The van der Waals surface area contributed by atoms with Gasteiger partial charge in [0.1, 0.15) is 0 Å². The van der Waals surface area contributed by atoms with Gasteiger partial charge in [-0.1, -0.05) is 38.1 Å². The van der Waals surface area contributed by atoms with Crippen LogP contribution >= 0.6 is 0 Å². The average Bonchev–Trinajstić information content (AvgIpc) is 3.15. The molecule has 1 aliphatic carbocycles. The lowest BCUT2D eigenvalue weighted by molar-refractivity contribution is -0.138. The first-order valence-electron chi connectivity index (χ1n) is 6.45. The zero-order valence-electron chi connectivity index (χ0n) is 11.0. The minimum Gasteiger partial charge on any atom is -0.481 e. The van der Waals surface area contributed by atoms with Gasteiger partial charge in [-0.25, -0.2) is 8.42 Å². The lowest BCUT2D eigenvalue weighted by atomic mass is 10.1. The van der Waals surface area contributed by atoms with Gasteiger partial charge in [0.05, 0.1) is 11.2 Å². The fraction of sp³-hybridized carbons (Fsp3) is 0.500. The van der Waals surface area contributed by atoms with Crippen molar-refractivity contribution in [2.75, 3.05) is 5.75 Å². The first-order chi connectivity index (χ1) is 8.92. The molecule has 1 aromatic carbocycles. The van der Waals surface area contributed by atoms with Gasteiger partial charge >= 0.3 is 5.97 Å². The minimum atomic E-state index is -3.31. The molecule has 3 unspecified atom stereocenters. The maximum absolute atomic E-state index is 11.9. The average molecular weight is 282 g/mol. The topological polar surface area (TPSA) is 71.4 Å². The number of rotatable bonds is 5. The van der Waals surface area contributed by atoms with E-state index in [0.717, 1.165) is 17.5 Å². The van der Waals surface area contributed by atoms with Crippen molar-refractivity contribution in [2.45, 2.75) is 31.4 Å². The fourth-order valence-corrected chi connectivity index (χ4v) is 4.39. The van der Waals surface area contributed by atoms with Crippen molar-refractivity contribution in [2.24, 2.45) is 5.92 Å². The Morgan fingerprint density at radius 1 is 1.21 bits per heavy atom. The van der Waals surface area contributed by atoms with Crippen LogP contribution in [0.25, 0.3) is 0 Å². The molecule has 0 heterocycles. The summed E-state index contributed by atoms with van der Waals surface area (Å²) < 4.78 is 23.8. The standard InChI is InChI=1S/C14H18O4S/c1-3-9-5-7-10(8-6-9)11-12(14(15)16)13(11)19(17,18)4-2/h5-8,11-13H,3-4H2,1-2H3,(H,15,16). The van der Waals surface area contributed by atoms with Crippen LogP contribution in [-0.2, 0) is 21.1 Å². The molecule has 0 radical (unpaired) electrons. The quantitative estimate of drug-likeness (QED) is 0.894. The van der Waals surface area contributed by atoms with Crippen LogP contribution in [0.2, 0.25) is 0 Å². The summed E-state index contributed by atoms with van der Waals surface area (Å²) >= 11 is 0. The Labute approximate surface area is 113 Å². The van der Waals surface area contributed by atoms with Crippen molar-refractivity contribution in [3.05, 3.63) is 35.4 Å². The Balaban J connectivity index is 2.30. The van der Waals surface area contributed by atoms with Gasteiger partial charge in [0.15, 0.2) is 9.84 Å². The molecule has 1 saturated carbocycles. The van der Waals surface area contributed by atoms with Gasteiger partial charge in [-0.2, -0.15) is 0 Å². The maximum atomic E-state index is 11.9. The van der Waals surface area contributed by atoms with Crippen LogP contribution < -0.4 is 0 Å². The highest BCUT2D eigenvalue weighted by molar-refractivity contribution is 7.92. The van der Waals surface area contributed by atoms with E-state index in [9.17, 15) is 13.2 Å². The van der Waals surface area contributed by atoms with Crippen molar-refractivity contribution < 1.29 is 18.3 Å². The number of aliphatic carboxylic acids is 1. The molecule has 0 aliphatic heterocycles. The number of hydrogen-bond donors (Lipinski definition) is 1. The molecule has 1 N–H and O–H groups in total. The van der Waals surface area contributed by atoms with E-state index in [1.54, 1.807) is 6.92 Å². The normalized spacial score (nSPS) is 26.1. The van der Waals surface area contributed by atoms with Crippen LogP contribution in [0.5, 0.6) is 0 Å². The van der Waals surface area contributed by atoms with Crippen LogP contribution in [0.4, 0.5) is 0 Å². The molecule has 0 aromatic heterocycles. The van der Waals surface area contributed by atoms with Crippen molar-refractivity contribution in [3.63, 3.8) is 0 Å². The summed E-state index contributed by atoms with van der Waals surface area (Å²) in [5.74, 6) is -2.22. The van der Waals surface area contributed by atoms with Crippen molar-refractivity contribution >= 4 is 15.8 Å². The summed E-state index contributed by atoms with van der Waals surface area (Å²) in [6.45, 7) is 3.60. The molecule has 1 fully saturated rings. The third-order valence-electron chi connectivity index (χ3n) is 3.83. The molecule has 5 heteroatoms. The number of benzene rings is 1. The summed E-state index contributed by atoms with van der Waals surface area (Å²) in [7, 11) is -3.31. The second kappa shape index (κ2) is 4.96. The highest BCUT2D eigenvalue weighted by atomic mass is 32.2. The van der Waals surface area contributed by atoms with Crippen molar-refractivity contribution in [1.29, 1.82) is 0 Å². The van der Waals surface area contributed by atoms with Gasteiger partial charge in [0, 0.05) is 11.7 Å². The van der Waals surface area contributed by atoms with Gasteiger partial charge in [-0.15, -0.1) is 0 Å². The SMILES string of the molecule is CCc1ccc(C2C(C(=O)O)C2S(=O)(=O)CC)cc1. The monoisotopic (exact) mass is 282 g/mol. The third-order valence-corrected chi connectivity index (χ3v) is 6.05. The molecule has 19 heavy (non-hydrogen) atoms. The fourth-order valence-electron chi connectivity index (χ4n) is 2.59. The van der Waals surface area contributed by atoms with E-state index < -0.39 is 32.9 Å². The van der Waals surface area contributed by atoms with Crippen LogP contribution in [0.3, 0.4) is 0 Å². The molecule has 0 amide bonds. The molecule has 1 aromatic rings. The van der Waals surface area contributed by atoms with E-state index >= 15 is 0 Å². The smallest absolute Gasteiger partial charge is 0.308 e. The Hall–Kier alpha value is -1.36. The number of aryl methyl sites for hydroxylation is 1. The van der Waals surface area contributed by atoms with E-state index in [1.165, 1.54) is 0 Å². The molecule has 0 spiro atoms. The zero-order valence-corrected chi connectivity index (χ0v) is 11.9. The second-order valence-electron chi connectivity index (χ2n) is 4.90. The van der Waals surface area contributed by atoms with Gasteiger partial charge in [-0.05, 0) is 17.5 Å². The number of carbonyl (C=O) groups is 1. The van der Waals surface area contributed by atoms with Crippen LogP contribution in [0.1, 0.15) is 30.9 Å². The van der Waals surface area contributed by atoms with E-state index in [2.05, 4.69) is 0 Å². The lowest BCUT2D eigenvalue weighted by Gasteiger charge is -2.02. The molecular weight excluding hydrogens is 264 g/mol. The Morgan fingerprint density at radius 2 is 1.79 bits per heavy atom. The highest BCUT2D eigenvalue weighted by Gasteiger charge is 2.62. The number of hydrogen-bond acceptors (Lipinski definition) is 3. The minimum absolute atomic E-state index is 0.00894. The van der Waals surface area contributed by atoms with E-state index in [0.29, 0.717) is 0 Å². The van der Waals surface area contributed by atoms with Gasteiger partial charge in [-0.3, -0.25) is 4.79 Å². The van der Waals surface area contributed by atoms with Gasteiger partial charge in [0.2, 0.25) is 0 Å². The summed E-state index contributed by atoms with van der Waals surface area (Å²) in [5.41, 5.74) is 1.97.